The second-order valence-electron chi connectivity index (χ2n) is 9.19. The molecule has 0 spiro atoms. The Hall–Kier alpha value is -3.10. The molecule has 0 radical (unpaired) electrons. The van der Waals surface area contributed by atoms with Gasteiger partial charge in [-0.2, -0.15) is 0 Å². The van der Waals surface area contributed by atoms with E-state index in [0.717, 1.165) is 29.1 Å². The molecule has 3 aromatic rings. The van der Waals surface area contributed by atoms with Crippen LogP contribution in [0.2, 0.25) is 0 Å². The highest BCUT2D eigenvalue weighted by atomic mass is 32.1. The van der Waals surface area contributed by atoms with Crippen molar-refractivity contribution < 1.29 is 23.8 Å². The van der Waals surface area contributed by atoms with E-state index in [0.29, 0.717) is 50.6 Å². The molecule has 0 N–H and O–H groups in total. The highest BCUT2D eigenvalue weighted by Gasteiger charge is 2.28. The number of nitrogens with zero attached hydrogens (tertiary/aromatic N) is 2. The van der Waals surface area contributed by atoms with Gasteiger partial charge in [0.05, 0.1) is 32.4 Å². The summed E-state index contributed by atoms with van der Waals surface area (Å²) >= 11 is 1.72. The molecule has 1 saturated heterocycles. The first-order chi connectivity index (χ1) is 17.4. The summed E-state index contributed by atoms with van der Waals surface area (Å²) in [4.78, 5) is 27.8. The Morgan fingerprint density at radius 1 is 1.17 bits per heavy atom. The lowest BCUT2D eigenvalue weighted by atomic mass is 10.1. The number of ketones is 1. The van der Waals surface area contributed by atoms with Gasteiger partial charge < -0.3 is 28.5 Å². The van der Waals surface area contributed by atoms with Gasteiger partial charge in [-0.3, -0.25) is 4.79 Å². The van der Waals surface area contributed by atoms with Crippen LogP contribution >= 0.6 is 11.3 Å². The van der Waals surface area contributed by atoms with Gasteiger partial charge in [0.15, 0.2) is 11.5 Å². The first-order valence-electron chi connectivity index (χ1n) is 12.2. The van der Waals surface area contributed by atoms with E-state index in [1.807, 2.05) is 43.0 Å². The second-order valence-corrected chi connectivity index (χ2v) is 10.2. The summed E-state index contributed by atoms with van der Waals surface area (Å²) in [5, 5.41) is 2.07. The molecule has 1 amide bonds. The van der Waals surface area contributed by atoms with Crippen LogP contribution in [0.5, 0.6) is 11.5 Å². The van der Waals surface area contributed by atoms with Crippen LogP contribution < -0.4 is 9.47 Å². The summed E-state index contributed by atoms with van der Waals surface area (Å²) in [7, 11) is 1.60. The van der Waals surface area contributed by atoms with E-state index >= 15 is 0 Å². The van der Waals surface area contributed by atoms with Crippen molar-refractivity contribution in [2.75, 3.05) is 33.4 Å². The Bertz CT molecular complexity index is 1200. The van der Waals surface area contributed by atoms with Crippen molar-refractivity contribution in [3.8, 4) is 11.5 Å². The molecule has 3 heterocycles. The number of Topliss-reactive ketones (excluding diaryl/α,β-unsaturated/α-hetero) is 1. The maximum absolute atomic E-state index is 13.4. The van der Waals surface area contributed by atoms with Gasteiger partial charge in [0, 0.05) is 29.2 Å². The van der Waals surface area contributed by atoms with Gasteiger partial charge in [-0.05, 0) is 62.4 Å². The maximum Gasteiger partial charge on any atom is 0.255 e. The fourth-order valence-electron chi connectivity index (χ4n) is 4.48. The van der Waals surface area contributed by atoms with E-state index in [1.165, 1.54) is 4.88 Å². The van der Waals surface area contributed by atoms with Crippen LogP contribution in [-0.2, 0) is 22.5 Å². The zero-order valence-electron chi connectivity index (χ0n) is 21.4. The van der Waals surface area contributed by atoms with Crippen molar-refractivity contribution in [2.45, 2.75) is 46.3 Å². The van der Waals surface area contributed by atoms with Gasteiger partial charge in [-0.1, -0.05) is 12.1 Å². The monoisotopic (exact) mass is 510 g/mol. The highest BCUT2D eigenvalue weighted by Crippen LogP contribution is 2.29. The molecule has 1 fully saturated rings. The minimum atomic E-state index is -0.237. The Balaban J connectivity index is 1.38. The van der Waals surface area contributed by atoms with Crippen LogP contribution in [0.3, 0.4) is 0 Å². The minimum absolute atomic E-state index is 0.0289. The number of rotatable bonds is 10. The third kappa shape index (κ3) is 6.17. The van der Waals surface area contributed by atoms with Crippen molar-refractivity contribution in [1.29, 1.82) is 0 Å². The van der Waals surface area contributed by atoms with Crippen molar-refractivity contribution in [3.05, 3.63) is 69.2 Å². The molecule has 1 aromatic carbocycles. The first kappa shape index (κ1) is 26.0. The van der Waals surface area contributed by atoms with Crippen molar-refractivity contribution in [1.82, 2.24) is 9.47 Å². The fraction of sp³-hybridized carbons (Fsp3) is 0.429. The molecule has 0 saturated carbocycles. The van der Waals surface area contributed by atoms with Crippen LogP contribution in [0.25, 0.3) is 0 Å². The predicted molar refractivity (Wildman–Crippen MR) is 140 cm³/mol. The van der Waals surface area contributed by atoms with E-state index in [1.54, 1.807) is 25.4 Å². The molecule has 0 bridgehead atoms. The van der Waals surface area contributed by atoms with E-state index in [2.05, 4.69) is 22.1 Å². The lowest BCUT2D eigenvalue weighted by Gasteiger charge is -2.33. The predicted octanol–water partition coefficient (Wildman–Crippen LogP) is 4.66. The molecule has 1 atom stereocenters. The quantitative estimate of drug-likeness (QED) is 0.397. The van der Waals surface area contributed by atoms with E-state index in [-0.39, 0.29) is 17.8 Å². The van der Waals surface area contributed by atoms with Crippen LogP contribution in [0.15, 0.2) is 41.8 Å². The first-order valence-corrected chi connectivity index (χ1v) is 13.1. The van der Waals surface area contributed by atoms with Crippen molar-refractivity contribution in [2.24, 2.45) is 0 Å². The molecule has 1 unspecified atom stereocenters. The van der Waals surface area contributed by atoms with Crippen LogP contribution in [0.4, 0.5) is 0 Å². The maximum atomic E-state index is 13.4. The highest BCUT2D eigenvalue weighted by molar-refractivity contribution is 7.09. The van der Waals surface area contributed by atoms with E-state index in [9.17, 15) is 9.59 Å². The van der Waals surface area contributed by atoms with Gasteiger partial charge in [-0.25, -0.2) is 0 Å². The number of hydrogen-bond acceptors (Lipinski definition) is 6. The molecule has 4 rings (SSSR count). The molecular weight excluding hydrogens is 476 g/mol. The lowest BCUT2D eigenvalue weighted by molar-refractivity contribution is -0.116. The van der Waals surface area contributed by atoms with Crippen LogP contribution in [0, 0.1) is 13.8 Å². The van der Waals surface area contributed by atoms with Gasteiger partial charge in [0.25, 0.3) is 5.91 Å². The molecule has 2 aromatic heterocycles. The second kappa shape index (κ2) is 11.8. The average molecular weight is 511 g/mol. The number of aromatic nitrogens is 1. The lowest BCUT2D eigenvalue weighted by Crippen LogP contribution is -2.47. The van der Waals surface area contributed by atoms with Crippen LogP contribution in [-0.4, -0.2) is 60.7 Å². The smallest absolute Gasteiger partial charge is 0.255 e. The number of methoxy groups -OCH3 is 1. The summed E-state index contributed by atoms with van der Waals surface area (Å²) in [6.45, 7) is 8.23. The normalized spacial score (nSPS) is 15.7. The van der Waals surface area contributed by atoms with Gasteiger partial charge in [0.1, 0.15) is 18.5 Å². The Kier molecular flexibility index (Phi) is 8.48. The molecule has 36 heavy (non-hydrogen) atoms. The number of hydrogen-bond donors (Lipinski definition) is 0. The number of carbonyl (C=O) groups excluding carboxylic acids is 2. The minimum Gasteiger partial charge on any atom is -0.493 e. The number of ether oxygens (including phenoxy) is 3. The Morgan fingerprint density at radius 3 is 2.72 bits per heavy atom. The standard InChI is InChI=1S/C28H34N2O5S/c1-19-14-25(21(3)30(19)17-24-6-5-13-36-24)28(32)29-11-12-34-23(16-29)18-35-26-10-9-22(8-7-20(2)31)15-27(26)33-4/h5-6,9-10,13-15,23H,7-8,11-12,16-18H2,1-4H3. The van der Waals surface area contributed by atoms with Gasteiger partial charge >= 0.3 is 0 Å². The number of carbonyl (C=O) groups is 2. The largest absolute Gasteiger partial charge is 0.493 e. The third-order valence-electron chi connectivity index (χ3n) is 6.54. The van der Waals surface area contributed by atoms with E-state index in [4.69, 9.17) is 14.2 Å². The molecule has 1 aliphatic heterocycles. The Morgan fingerprint density at radius 2 is 2.00 bits per heavy atom. The number of amides is 1. The Labute approximate surface area is 216 Å². The fourth-order valence-corrected chi connectivity index (χ4v) is 5.18. The van der Waals surface area contributed by atoms with Crippen molar-refractivity contribution >= 4 is 23.0 Å². The van der Waals surface area contributed by atoms with Crippen molar-refractivity contribution in [3.63, 3.8) is 0 Å². The van der Waals surface area contributed by atoms with Gasteiger partial charge in [0.2, 0.25) is 0 Å². The number of thiophene rings is 1. The molecule has 8 heteroatoms. The number of aryl methyl sites for hydroxylation is 2. The molecule has 0 aliphatic carbocycles. The summed E-state index contributed by atoms with van der Waals surface area (Å²) < 4.78 is 19.6. The summed E-state index contributed by atoms with van der Waals surface area (Å²) in [5.74, 6) is 1.43. The average Bonchev–Trinajstić information content (AvgIpc) is 3.50. The summed E-state index contributed by atoms with van der Waals surface area (Å²) in [6, 6.07) is 11.9. The number of morpholine rings is 1. The number of benzene rings is 1. The SMILES string of the molecule is COc1cc(CCC(C)=O)ccc1OCC1CN(C(=O)c2cc(C)n(Cc3cccs3)c2C)CCO1. The summed E-state index contributed by atoms with van der Waals surface area (Å²) in [6.07, 6.45) is 0.932. The zero-order chi connectivity index (χ0) is 25.7. The zero-order valence-corrected chi connectivity index (χ0v) is 22.2. The third-order valence-corrected chi connectivity index (χ3v) is 7.40. The van der Waals surface area contributed by atoms with Gasteiger partial charge in [-0.15, -0.1) is 11.3 Å². The molecular formula is C28H34N2O5S. The molecule has 7 nitrogen and oxygen atoms in total. The topological polar surface area (TPSA) is 70.0 Å². The molecule has 1 aliphatic rings. The summed E-state index contributed by atoms with van der Waals surface area (Å²) in [5.41, 5.74) is 3.83. The van der Waals surface area contributed by atoms with E-state index < -0.39 is 0 Å². The van der Waals surface area contributed by atoms with Crippen LogP contribution in [0.1, 0.15) is 45.5 Å². The molecule has 192 valence electrons.